The Balaban J connectivity index is 5.27. The standard InChI is InChI=1S/C16H32O10Si2/c1-21-27(22-2,23-3)11-7-9-13(15(17)18)14(16(19)20)10-8-12-28(24-4,25-5)26-6/h7-12H2,1-6H3,(H,17,18)(H,19,20). The predicted molar refractivity (Wildman–Crippen MR) is 104 cm³/mol. The summed E-state index contributed by atoms with van der Waals surface area (Å²) >= 11 is 0. The van der Waals surface area contributed by atoms with Crippen molar-refractivity contribution in [1.82, 2.24) is 0 Å². The third-order valence-electron chi connectivity index (χ3n) is 4.57. The van der Waals surface area contributed by atoms with Crippen LogP contribution in [0, 0.1) is 0 Å². The lowest BCUT2D eigenvalue weighted by molar-refractivity contribution is -0.136. The number of hydrogen-bond acceptors (Lipinski definition) is 8. The Morgan fingerprint density at radius 2 is 0.857 bits per heavy atom. The number of aliphatic carboxylic acids is 2. The molecule has 12 heteroatoms. The Morgan fingerprint density at radius 1 is 0.607 bits per heavy atom. The molecule has 0 unspecified atom stereocenters. The number of rotatable bonds is 16. The molecule has 0 aliphatic heterocycles. The van der Waals surface area contributed by atoms with Gasteiger partial charge in [-0.05, 0) is 25.7 Å². The fraction of sp³-hybridized carbons (Fsp3) is 0.750. The van der Waals surface area contributed by atoms with Crippen molar-refractivity contribution >= 4 is 29.5 Å². The average Bonchev–Trinajstić information content (AvgIpc) is 2.70. The van der Waals surface area contributed by atoms with Crippen molar-refractivity contribution in [2.75, 3.05) is 42.7 Å². The van der Waals surface area contributed by atoms with E-state index in [9.17, 15) is 19.8 Å². The molecule has 0 aliphatic carbocycles. The van der Waals surface area contributed by atoms with Gasteiger partial charge >= 0.3 is 29.5 Å². The Bertz CT molecular complexity index is 467. The third-order valence-corrected chi connectivity index (χ3v) is 10.2. The molecule has 0 atom stereocenters. The molecule has 0 radical (unpaired) electrons. The summed E-state index contributed by atoms with van der Waals surface area (Å²) in [6.07, 6.45) is 0.826. The van der Waals surface area contributed by atoms with E-state index in [1.165, 1.54) is 42.7 Å². The largest absolute Gasteiger partial charge is 0.500 e. The van der Waals surface area contributed by atoms with E-state index in [1.807, 2.05) is 0 Å². The molecule has 0 saturated carbocycles. The van der Waals surface area contributed by atoms with Crippen LogP contribution in [0.15, 0.2) is 11.1 Å². The van der Waals surface area contributed by atoms with E-state index in [-0.39, 0.29) is 24.0 Å². The minimum atomic E-state index is -2.85. The topological polar surface area (TPSA) is 130 Å². The minimum absolute atomic E-state index is 0.0587. The van der Waals surface area contributed by atoms with Gasteiger partial charge in [0.25, 0.3) is 0 Å². The van der Waals surface area contributed by atoms with Crippen LogP contribution >= 0.6 is 0 Å². The van der Waals surface area contributed by atoms with Gasteiger partial charge in [0, 0.05) is 65.9 Å². The third kappa shape index (κ3) is 7.71. The van der Waals surface area contributed by atoms with Gasteiger partial charge in [0.2, 0.25) is 0 Å². The van der Waals surface area contributed by atoms with E-state index < -0.39 is 29.5 Å². The van der Waals surface area contributed by atoms with Gasteiger partial charge in [0.15, 0.2) is 0 Å². The van der Waals surface area contributed by atoms with Crippen LogP contribution in [0.25, 0.3) is 0 Å². The van der Waals surface area contributed by atoms with Crippen molar-refractivity contribution < 1.29 is 46.4 Å². The first-order valence-electron chi connectivity index (χ1n) is 8.69. The maximum absolute atomic E-state index is 11.7. The Morgan fingerprint density at radius 3 is 1.04 bits per heavy atom. The van der Waals surface area contributed by atoms with Crippen LogP contribution < -0.4 is 0 Å². The van der Waals surface area contributed by atoms with Crippen molar-refractivity contribution in [1.29, 1.82) is 0 Å². The highest BCUT2D eigenvalue weighted by atomic mass is 28.4. The molecule has 28 heavy (non-hydrogen) atoms. The Kier molecular flexibility index (Phi) is 12.6. The van der Waals surface area contributed by atoms with Gasteiger partial charge < -0.3 is 36.8 Å². The second kappa shape index (κ2) is 13.2. The fourth-order valence-corrected chi connectivity index (χ4v) is 6.29. The zero-order valence-electron chi connectivity index (χ0n) is 17.4. The average molecular weight is 441 g/mol. The van der Waals surface area contributed by atoms with Crippen molar-refractivity contribution in [2.24, 2.45) is 0 Å². The van der Waals surface area contributed by atoms with Crippen LogP contribution in [0.2, 0.25) is 12.1 Å². The summed E-state index contributed by atoms with van der Waals surface area (Å²) in [4.78, 5) is 23.3. The lowest BCUT2D eigenvalue weighted by Gasteiger charge is -2.24. The smallest absolute Gasteiger partial charge is 0.478 e. The van der Waals surface area contributed by atoms with Gasteiger partial charge in [0.1, 0.15) is 0 Å². The van der Waals surface area contributed by atoms with E-state index in [0.29, 0.717) is 24.9 Å². The maximum Gasteiger partial charge on any atom is 0.500 e. The fourth-order valence-electron chi connectivity index (χ4n) is 2.85. The number of hydrogen-bond donors (Lipinski definition) is 2. The second-order valence-electron chi connectivity index (χ2n) is 5.87. The summed E-state index contributed by atoms with van der Waals surface area (Å²) in [6, 6.07) is 0.737. The molecule has 0 aromatic heterocycles. The van der Waals surface area contributed by atoms with Gasteiger partial charge in [-0.1, -0.05) is 0 Å². The molecule has 0 fully saturated rings. The second-order valence-corrected chi connectivity index (χ2v) is 12.0. The summed E-state index contributed by atoms with van der Waals surface area (Å²) < 4.78 is 31.8. The minimum Gasteiger partial charge on any atom is -0.478 e. The molecule has 10 nitrogen and oxygen atoms in total. The van der Waals surface area contributed by atoms with Crippen molar-refractivity contribution in [2.45, 2.75) is 37.8 Å². The number of carbonyl (C=O) groups is 2. The first-order chi connectivity index (χ1) is 13.2. The van der Waals surface area contributed by atoms with Gasteiger partial charge in [-0.3, -0.25) is 0 Å². The lowest BCUT2D eigenvalue weighted by Crippen LogP contribution is -2.42. The van der Waals surface area contributed by atoms with Crippen molar-refractivity contribution in [3.05, 3.63) is 11.1 Å². The summed E-state index contributed by atoms with van der Waals surface area (Å²) in [5, 5.41) is 19.0. The van der Waals surface area contributed by atoms with Gasteiger partial charge in [0.05, 0.1) is 0 Å². The quantitative estimate of drug-likeness (QED) is 0.270. The van der Waals surface area contributed by atoms with Crippen molar-refractivity contribution in [3.8, 4) is 0 Å². The van der Waals surface area contributed by atoms with Crippen LogP contribution in [-0.2, 0) is 36.1 Å². The molecular formula is C16H32O10Si2. The first-order valence-corrected chi connectivity index (χ1v) is 12.6. The van der Waals surface area contributed by atoms with E-state index >= 15 is 0 Å². The highest BCUT2D eigenvalue weighted by Crippen LogP contribution is 2.25. The number of carboxylic acids is 2. The Labute approximate surface area is 168 Å². The zero-order valence-corrected chi connectivity index (χ0v) is 19.4. The number of carboxylic acid groups (broad SMARTS) is 2. The lowest BCUT2D eigenvalue weighted by atomic mass is 10.00. The molecule has 0 spiro atoms. The van der Waals surface area contributed by atoms with E-state index in [1.54, 1.807) is 0 Å². The SMILES string of the molecule is CO[Si](CCCC(C(=O)O)=C(CCC[Si](OC)(OC)OC)C(=O)O)(OC)OC. The molecule has 164 valence electrons. The maximum atomic E-state index is 11.7. The highest BCUT2D eigenvalue weighted by Gasteiger charge is 2.38. The van der Waals surface area contributed by atoms with Crippen LogP contribution in [0.1, 0.15) is 25.7 Å². The zero-order chi connectivity index (χ0) is 21.8. The molecule has 0 aromatic rings. The summed E-state index contributed by atoms with van der Waals surface area (Å²) in [5.74, 6) is -2.52. The summed E-state index contributed by atoms with van der Waals surface area (Å²) in [5.41, 5.74) is -0.281. The van der Waals surface area contributed by atoms with E-state index in [2.05, 4.69) is 0 Å². The molecule has 2 N–H and O–H groups in total. The normalized spacial score (nSPS) is 13.4. The van der Waals surface area contributed by atoms with Crippen LogP contribution in [0.4, 0.5) is 0 Å². The highest BCUT2D eigenvalue weighted by molar-refractivity contribution is 6.60. The van der Waals surface area contributed by atoms with Crippen molar-refractivity contribution in [3.63, 3.8) is 0 Å². The van der Waals surface area contributed by atoms with Crippen LogP contribution in [-0.4, -0.2) is 82.4 Å². The van der Waals surface area contributed by atoms with E-state index in [4.69, 9.17) is 26.6 Å². The molecule has 0 saturated heterocycles. The molecule has 0 amide bonds. The first kappa shape index (κ1) is 26.9. The van der Waals surface area contributed by atoms with Crippen LogP contribution in [0.5, 0.6) is 0 Å². The summed E-state index contributed by atoms with van der Waals surface area (Å²) in [6.45, 7) is 0. The molecular weight excluding hydrogens is 408 g/mol. The monoisotopic (exact) mass is 440 g/mol. The predicted octanol–water partition coefficient (Wildman–Crippen LogP) is 1.77. The Hall–Kier alpha value is -1.13. The van der Waals surface area contributed by atoms with Gasteiger partial charge in [-0.25, -0.2) is 9.59 Å². The van der Waals surface area contributed by atoms with E-state index in [0.717, 1.165) is 0 Å². The summed E-state index contributed by atoms with van der Waals surface area (Å²) in [7, 11) is 3.09. The molecule has 0 bridgehead atoms. The molecule has 0 heterocycles. The molecule has 0 rings (SSSR count). The van der Waals surface area contributed by atoms with Gasteiger partial charge in [-0.2, -0.15) is 0 Å². The molecule has 0 aromatic carbocycles. The van der Waals surface area contributed by atoms with Gasteiger partial charge in [-0.15, -0.1) is 0 Å². The van der Waals surface area contributed by atoms with Crippen LogP contribution in [0.3, 0.4) is 0 Å². The molecule has 0 aliphatic rings.